The number of likely N-dealkylation sites (tertiary alicyclic amines) is 1. The largest absolute Gasteiger partial charge is 0.466 e. The quantitative estimate of drug-likeness (QED) is 0.787. The summed E-state index contributed by atoms with van der Waals surface area (Å²) in [5.74, 6) is 0.924. The first-order valence-corrected chi connectivity index (χ1v) is 8.77. The first kappa shape index (κ1) is 17.3. The van der Waals surface area contributed by atoms with E-state index in [4.69, 9.17) is 4.74 Å². The summed E-state index contributed by atoms with van der Waals surface area (Å²) in [5, 5.41) is 3.42. The fourth-order valence-electron chi connectivity index (χ4n) is 3.59. The summed E-state index contributed by atoms with van der Waals surface area (Å²) in [4.78, 5) is 26.3. The molecule has 5 heteroatoms. The molecule has 2 aliphatic heterocycles. The van der Waals surface area contributed by atoms with Gasteiger partial charge in [0.2, 0.25) is 5.91 Å². The van der Waals surface area contributed by atoms with Gasteiger partial charge in [0.05, 0.1) is 12.5 Å². The molecular weight excluding hydrogens is 280 g/mol. The second-order valence-electron chi connectivity index (χ2n) is 6.72. The number of nitrogens with zero attached hydrogens (tertiary/aromatic N) is 1. The highest BCUT2D eigenvalue weighted by molar-refractivity contribution is 5.78. The number of nitrogens with one attached hydrogen (secondary N) is 1. The van der Waals surface area contributed by atoms with Crippen LogP contribution in [0.25, 0.3) is 0 Å². The number of hydrogen-bond acceptors (Lipinski definition) is 4. The highest BCUT2D eigenvalue weighted by Gasteiger charge is 2.31. The fourth-order valence-corrected chi connectivity index (χ4v) is 3.59. The Morgan fingerprint density at radius 3 is 2.82 bits per heavy atom. The molecule has 0 saturated carbocycles. The smallest absolute Gasteiger partial charge is 0.310 e. The summed E-state index contributed by atoms with van der Waals surface area (Å²) >= 11 is 0. The molecule has 0 aromatic carbocycles. The Bertz CT molecular complexity index is 380. The lowest BCUT2D eigenvalue weighted by Gasteiger charge is -2.34. The summed E-state index contributed by atoms with van der Waals surface area (Å²) in [7, 11) is 0. The van der Waals surface area contributed by atoms with Crippen LogP contribution in [-0.2, 0) is 14.3 Å². The molecule has 1 amide bonds. The SMILES string of the molecule is CCOC(=O)C1CCCN(C(=O)CC(C)C2CCCNC2)C1. The maximum absolute atomic E-state index is 12.5. The van der Waals surface area contributed by atoms with Crippen LogP contribution in [0.15, 0.2) is 0 Å². The van der Waals surface area contributed by atoms with Crippen LogP contribution in [0.3, 0.4) is 0 Å². The third kappa shape index (κ3) is 4.70. The van der Waals surface area contributed by atoms with Gasteiger partial charge in [-0.3, -0.25) is 9.59 Å². The molecule has 3 unspecified atom stereocenters. The van der Waals surface area contributed by atoms with Gasteiger partial charge < -0.3 is 15.0 Å². The highest BCUT2D eigenvalue weighted by atomic mass is 16.5. The minimum atomic E-state index is -0.149. The average molecular weight is 310 g/mol. The zero-order chi connectivity index (χ0) is 15.9. The van der Waals surface area contributed by atoms with Crippen LogP contribution >= 0.6 is 0 Å². The van der Waals surface area contributed by atoms with Crippen molar-refractivity contribution in [3.8, 4) is 0 Å². The predicted molar refractivity (Wildman–Crippen MR) is 85.3 cm³/mol. The van der Waals surface area contributed by atoms with Crippen molar-refractivity contribution in [1.82, 2.24) is 10.2 Å². The van der Waals surface area contributed by atoms with Crippen LogP contribution in [0, 0.1) is 17.8 Å². The summed E-state index contributed by atoms with van der Waals surface area (Å²) in [6, 6.07) is 0. The topological polar surface area (TPSA) is 58.6 Å². The number of piperidine rings is 2. The minimum Gasteiger partial charge on any atom is -0.466 e. The Morgan fingerprint density at radius 2 is 2.14 bits per heavy atom. The van der Waals surface area contributed by atoms with E-state index in [0.29, 0.717) is 31.4 Å². The Balaban J connectivity index is 1.82. The van der Waals surface area contributed by atoms with Crippen LogP contribution in [0.4, 0.5) is 0 Å². The molecule has 3 atom stereocenters. The van der Waals surface area contributed by atoms with Crippen LogP contribution in [0.5, 0.6) is 0 Å². The molecule has 2 aliphatic rings. The molecule has 2 saturated heterocycles. The van der Waals surface area contributed by atoms with E-state index in [1.54, 1.807) is 0 Å². The predicted octanol–water partition coefficient (Wildman–Crippen LogP) is 1.81. The normalized spacial score (nSPS) is 27.3. The van der Waals surface area contributed by atoms with E-state index in [1.807, 2.05) is 11.8 Å². The maximum atomic E-state index is 12.5. The summed E-state index contributed by atoms with van der Waals surface area (Å²) < 4.78 is 5.10. The van der Waals surface area contributed by atoms with Gasteiger partial charge in [-0.1, -0.05) is 6.92 Å². The number of ether oxygens (including phenoxy) is 1. The van der Waals surface area contributed by atoms with Crippen molar-refractivity contribution in [3.05, 3.63) is 0 Å². The van der Waals surface area contributed by atoms with E-state index in [0.717, 1.165) is 32.5 Å². The van der Waals surface area contributed by atoms with Crippen molar-refractivity contribution in [1.29, 1.82) is 0 Å². The molecule has 2 heterocycles. The third-order valence-electron chi connectivity index (χ3n) is 5.03. The molecule has 0 spiro atoms. The monoisotopic (exact) mass is 310 g/mol. The molecule has 0 bridgehead atoms. The van der Waals surface area contributed by atoms with Gasteiger partial charge in [0.15, 0.2) is 0 Å². The summed E-state index contributed by atoms with van der Waals surface area (Å²) in [5.41, 5.74) is 0. The van der Waals surface area contributed by atoms with Crippen LogP contribution < -0.4 is 5.32 Å². The van der Waals surface area contributed by atoms with E-state index in [-0.39, 0.29) is 17.8 Å². The van der Waals surface area contributed by atoms with Gasteiger partial charge in [0.25, 0.3) is 0 Å². The van der Waals surface area contributed by atoms with Crippen molar-refractivity contribution in [2.24, 2.45) is 17.8 Å². The lowest BCUT2D eigenvalue weighted by atomic mass is 9.85. The zero-order valence-electron chi connectivity index (χ0n) is 14.0. The highest BCUT2D eigenvalue weighted by Crippen LogP contribution is 2.25. The van der Waals surface area contributed by atoms with Crippen LogP contribution in [-0.4, -0.2) is 49.6 Å². The Labute approximate surface area is 133 Å². The van der Waals surface area contributed by atoms with Gasteiger partial charge in [-0.05, 0) is 57.5 Å². The lowest BCUT2D eigenvalue weighted by Crippen LogP contribution is -2.44. The fraction of sp³-hybridized carbons (Fsp3) is 0.882. The number of hydrogen-bond donors (Lipinski definition) is 1. The molecule has 0 aliphatic carbocycles. The van der Waals surface area contributed by atoms with Crippen LogP contribution in [0.1, 0.15) is 46.0 Å². The van der Waals surface area contributed by atoms with Crippen molar-refractivity contribution in [2.45, 2.75) is 46.0 Å². The first-order valence-electron chi connectivity index (χ1n) is 8.77. The first-order chi connectivity index (χ1) is 10.6. The third-order valence-corrected chi connectivity index (χ3v) is 5.03. The molecule has 2 fully saturated rings. The van der Waals surface area contributed by atoms with Gasteiger partial charge in [0, 0.05) is 19.5 Å². The van der Waals surface area contributed by atoms with E-state index in [9.17, 15) is 9.59 Å². The van der Waals surface area contributed by atoms with Gasteiger partial charge in [-0.15, -0.1) is 0 Å². The standard InChI is InChI=1S/C17H30N2O3/c1-3-22-17(21)15-7-5-9-19(12-15)16(20)10-13(2)14-6-4-8-18-11-14/h13-15,18H,3-12H2,1-2H3. The second kappa shape index (κ2) is 8.51. The molecule has 2 rings (SSSR count). The molecule has 0 aromatic rings. The van der Waals surface area contributed by atoms with E-state index < -0.39 is 0 Å². The maximum Gasteiger partial charge on any atom is 0.310 e. The van der Waals surface area contributed by atoms with Crippen molar-refractivity contribution in [3.63, 3.8) is 0 Å². The minimum absolute atomic E-state index is 0.135. The lowest BCUT2D eigenvalue weighted by molar-refractivity contribution is -0.151. The summed E-state index contributed by atoms with van der Waals surface area (Å²) in [6.45, 7) is 7.86. The Kier molecular flexibility index (Phi) is 6.68. The molecule has 22 heavy (non-hydrogen) atoms. The van der Waals surface area contributed by atoms with E-state index in [1.165, 1.54) is 12.8 Å². The molecule has 1 N–H and O–H groups in total. The number of carbonyl (C=O) groups is 2. The van der Waals surface area contributed by atoms with Gasteiger partial charge in [-0.2, -0.15) is 0 Å². The second-order valence-corrected chi connectivity index (χ2v) is 6.72. The average Bonchev–Trinajstić information content (AvgIpc) is 2.56. The number of carbonyl (C=O) groups excluding carboxylic acids is 2. The van der Waals surface area contributed by atoms with E-state index in [2.05, 4.69) is 12.2 Å². The van der Waals surface area contributed by atoms with E-state index >= 15 is 0 Å². The molecule has 0 aromatic heterocycles. The molecule has 126 valence electrons. The van der Waals surface area contributed by atoms with Crippen molar-refractivity contribution >= 4 is 11.9 Å². The van der Waals surface area contributed by atoms with Crippen molar-refractivity contribution < 1.29 is 14.3 Å². The van der Waals surface area contributed by atoms with Crippen LogP contribution in [0.2, 0.25) is 0 Å². The Morgan fingerprint density at radius 1 is 1.32 bits per heavy atom. The molecular formula is C17H30N2O3. The number of amides is 1. The Hall–Kier alpha value is -1.10. The zero-order valence-corrected chi connectivity index (χ0v) is 14.0. The van der Waals surface area contributed by atoms with Gasteiger partial charge >= 0.3 is 5.97 Å². The number of rotatable bonds is 5. The molecule has 5 nitrogen and oxygen atoms in total. The number of esters is 1. The van der Waals surface area contributed by atoms with Crippen molar-refractivity contribution in [2.75, 3.05) is 32.8 Å². The molecule has 0 radical (unpaired) electrons. The van der Waals surface area contributed by atoms with Gasteiger partial charge in [-0.25, -0.2) is 0 Å². The van der Waals surface area contributed by atoms with Gasteiger partial charge in [0.1, 0.15) is 0 Å². The summed E-state index contributed by atoms with van der Waals surface area (Å²) in [6.07, 6.45) is 4.76.